The fourth-order valence-corrected chi connectivity index (χ4v) is 3.15. The molecule has 3 atom stereocenters. The van der Waals surface area contributed by atoms with Crippen LogP contribution in [0.5, 0.6) is 0 Å². The summed E-state index contributed by atoms with van der Waals surface area (Å²) in [4.78, 5) is 26.9. The number of carbonyl (C=O) groups is 2. The van der Waals surface area contributed by atoms with E-state index in [1.807, 2.05) is 13.8 Å². The molecular weight excluding hydrogens is 346 g/mol. The van der Waals surface area contributed by atoms with Gasteiger partial charge in [-0.3, -0.25) is 9.59 Å². The highest BCUT2D eigenvalue weighted by molar-refractivity contribution is 5.97. The Morgan fingerprint density at radius 1 is 1.37 bits per heavy atom. The Hall–Kier alpha value is -2.61. The number of nitrogens with two attached hydrogens (primary N) is 2. The smallest absolute Gasteiger partial charge is 0.243 e. The highest BCUT2D eigenvalue weighted by atomic mass is 16.4. The van der Waals surface area contributed by atoms with Crippen molar-refractivity contribution in [3.63, 3.8) is 0 Å². The molecule has 1 aromatic carbocycles. The van der Waals surface area contributed by atoms with E-state index < -0.39 is 12.1 Å². The van der Waals surface area contributed by atoms with Crippen LogP contribution >= 0.6 is 0 Å². The molecule has 0 aromatic heterocycles. The van der Waals surface area contributed by atoms with E-state index in [-0.39, 0.29) is 23.6 Å². The van der Waals surface area contributed by atoms with Gasteiger partial charge in [-0.2, -0.15) is 0 Å². The molecule has 8 nitrogen and oxygen atoms in total. The average molecular weight is 375 g/mol. The maximum Gasteiger partial charge on any atom is 0.243 e. The molecule has 6 N–H and O–H groups in total. The molecule has 148 valence electrons. The zero-order valence-electron chi connectivity index (χ0n) is 15.9. The van der Waals surface area contributed by atoms with Crippen LogP contribution in [0.25, 0.3) is 0 Å². The number of hydrogen-bond acceptors (Lipinski definition) is 5. The molecule has 27 heavy (non-hydrogen) atoms. The van der Waals surface area contributed by atoms with E-state index in [2.05, 4.69) is 10.5 Å². The van der Waals surface area contributed by atoms with Crippen molar-refractivity contribution in [1.29, 1.82) is 0 Å². The van der Waals surface area contributed by atoms with Crippen molar-refractivity contribution in [1.82, 2.24) is 10.2 Å². The molecule has 1 aliphatic heterocycles. The summed E-state index contributed by atoms with van der Waals surface area (Å²) in [5.41, 5.74) is 13.1. The first-order chi connectivity index (χ1) is 12.9. The van der Waals surface area contributed by atoms with Gasteiger partial charge in [-0.25, -0.2) is 0 Å². The molecule has 2 amide bonds. The number of amides is 2. The molecule has 2 rings (SSSR count). The first-order valence-electron chi connectivity index (χ1n) is 9.29. The topological polar surface area (TPSA) is 134 Å². The Morgan fingerprint density at radius 2 is 2.04 bits per heavy atom. The Kier molecular flexibility index (Phi) is 7.18. The minimum absolute atomic E-state index is 0.0309. The van der Waals surface area contributed by atoms with Gasteiger partial charge < -0.3 is 26.9 Å². The van der Waals surface area contributed by atoms with Crippen molar-refractivity contribution in [2.75, 3.05) is 6.54 Å². The van der Waals surface area contributed by atoms with Gasteiger partial charge in [0.15, 0.2) is 5.84 Å². The lowest BCUT2D eigenvalue weighted by Crippen LogP contribution is -2.52. The maximum absolute atomic E-state index is 12.6. The second-order valence-electron chi connectivity index (χ2n) is 7.00. The van der Waals surface area contributed by atoms with Crippen molar-refractivity contribution in [3.8, 4) is 0 Å². The summed E-state index contributed by atoms with van der Waals surface area (Å²) in [6, 6.07) is 5.98. The SMILES string of the molecule is CCC(C)C(N)C(=O)N1CCC[C@H]1C(=O)NCc1ccc(C(N)=NO)cc1. The van der Waals surface area contributed by atoms with E-state index in [0.29, 0.717) is 25.1 Å². The number of nitrogens with one attached hydrogen (secondary N) is 1. The number of rotatable bonds is 7. The molecule has 0 radical (unpaired) electrons. The second kappa shape index (κ2) is 9.36. The first-order valence-corrected chi connectivity index (χ1v) is 9.29. The van der Waals surface area contributed by atoms with Gasteiger partial charge in [0.25, 0.3) is 0 Å². The van der Waals surface area contributed by atoms with Crippen LogP contribution in [0.4, 0.5) is 0 Å². The monoisotopic (exact) mass is 375 g/mol. The number of carbonyl (C=O) groups excluding carboxylic acids is 2. The van der Waals surface area contributed by atoms with Crippen LogP contribution in [0, 0.1) is 5.92 Å². The Balaban J connectivity index is 1.95. The number of amidine groups is 1. The van der Waals surface area contributed by atoms with Crippen molar-refractivity contribution >= 4 is 17.6 Å². The van der Waals surface area contributed by atoms with Gasteiger partial charge in [0.2, 0.25) is 11.8 Å². The zero-order valence-corrected chi connectivity index (χ0v) is 15.9. The molecular formula is C19H29N5O3. The fourth-order valence-electron chi connectivity index (χ4n) is 3.15. The molecule has 8 heteroatoms. The summed E-state index contributed by atoms with van der Waals surface area (Å²) in [5, 5.41) is 14.5. The lowest BCUT2D eigenvalue weighted by atomic mass is 9.98. The summed E-state index contributed by atoms with van der Waals surface area (Å²) in [5.74, 6) is -0.207. The van der Waals surface area contributed by atoms with Crippen molar-refractivity contribution < 1.29 is 14.8 Å². The van der Waals surface area contributed by atoms with Crippen LogP contribution in [-0.2, 0) is 16.1 Å². The zero-order chi connectivity index (χ0) is 20.0. The lowest BCUT2D eigenvalue weighted by molar-refractivity contribution is -0.140. The van der Waals surface area contributed by atoms with E-state index >= 15 is 0 Å². The molecule has 1 fully saturated rings. The van der Waals surface area contributed by atoms with E-state index in [1.165, 1.54) is 0 Å². The molecule has 1 saturated heterocycles. The summed E-state index contributed by atoms with van der Waals surface area (Å²) < 4.78 is 0. The molecule has 0 bridgehead atoms. The second-order valence-corrected chi connectivity index (χ2v) is 7.00. The predicted molar refractivity (Wildman–Crippen MR) is 103 cm³/mol. The van der Waals surface area contributed by atoms with Gasteiger partial charge in [0, 0.05) is 18.7 Å². The average Bonchev–Trinajstić information content (AvgIpc) is 3.19. The van der Waals surface area contributed by atoms with Crippen LogP contribution in [0.3, 0.4) is 0 Å². The van der Waals surface area contributed by atoms with E-state index in [0.717, 1.165) is 18.4 Å². The summed E-state index contributed by atoms with van der Waals surface area (Å²) in [6.45, 7) is 4.85. The number of oxime groups is 1. The fraction of sp³-hybridized carbons (Fsp3) is 0.526. The number of benzene rings is 1. The van der Waals surface area contributed by atoms with Crippen LogP contribution in [0.15, 0.2) is 29.4 Å². The Labute approximate surface area is 159 Å². The van der Waals surface area contributed by atoms with Crippen molar-refractivity contribution in [2.24, 2.45) is 22.5 Å². The van der Waals surface area contributed by atoms with E-state index in [9.17, 15) is 9.59 Å². The van der Waals surface area contributed by atoms with E-state index in [1.54, 1.807) is 29.2 Å². The third kappa shape index (κ3) is 4.97. The largest absolute Gasteiger partial charge is 0.409 e. The van der Waals surface area contributed by atoms with Crippen LogP contribution < -0.4 is 16.8 Å². The van der Waals surface area contributed by atoms with Gasteiger partial charge in [0.1, 0.15) is 6.04 Å². The quantitative estimate of drug-likeness (QED) is 0.242. The lowest BCUT2D eigenvalue weighted by Gasteiger charge is -2.28. The third-order valence-corrected chi connectivity index (χ3v) is 5.20. The van der Waals surface area contributed by atoms with Crippen molar-refractivity contribution in [2.45, 2.75) is 51.7 Å². The van der Waals surface area contributed by atoms with Gasteiger partial charge in [0.05, 0.1) is 6.04 Å². The van der Waals surface area contributed by atoms with Gasteiger partial charge in [-0.15, -0.1) is 0 Å². The molecule has 2 unspecified atom stereocenters. The summed E-state index contributed by atoms with van der Waals surface area (Å²) >= 11 is 0. The Morgan fingerprint density at radius 3 is 2.63 bits per heavy atom. The number of hydrogen-bond donors (Lipinski definition) is 4. The van der Waals surface area contributed by atoms with Gasteiger partial charge in [-0.1, -0.05) is 49.7 Å². The number of nitrogens with zero attached hydrogens (tertiary/aromatic N) is 2. The van der Waals surface area contributed by atoms with Crippen LogP contribution in [-0.4, -0.2) is 46.4 Å². The minimum Gasteiger partial charge on any atom is -0.409 e. The number of likely N-dealkylation sites (tertiary alicyclic amines) is 1. The van der Waals surface area contributed by atoms with Crippen molar-refractivity contribution in [3.05, 3.63) is 35.4 Å². The predicted octanol–water partition coefficient (Wildman–Crippen LogP) is 0.762. The van der Waals surface area contributed by atoms with Gasteiger partial charge in [-0.05, 0) is 24.3 Å². The molecule has 1 aromatic rings. The normalized spacial score (nSPS) is 19.6. The molecule has 1 aliphatic rings. The third-order valence-electron chi connectivity index (χ3n) is 5.20. The first kappa shape index (κ1) is 20.7. The molecule has 0 spiro atoms. The van der Waals surface area contributed by atoms with E-state index in [4.69, 9.17) is 16.7 Å². The summed E-state index contributed by atoms with van der Waals surface area (Å²) in [7, 11) is 0. The van der Waals surface area contributed by atoms with Crippen LogP contribution in [0.1, 0.15) is 44.2 Å². The molecule has 1 heterocycles. The maximum atomic E-state index is 12.6. The minimum atomic E-state index is -0.574. The molecule has 0 saturated carbocycles. The highest BCUT2D eigenvalue weighted by Crippen LogP contribution is 2.20. The van der Waals surface area contributed by atoms with Crippen LogP contribution in [0.2, 0.25) is 0 Å². The summed E-state index contributed by atoms with van der Waals surface area (Å²) in [6.07, 6.45) is 2.26. The highest BCUT2D eigenvalue weighted by Gasteiger charge is 2.37. The Bertz CT molecular complexity index is 689. The molecule has 0 aliphatic carbocycles. The van der Waals surface area contributed by atoms with Gasteiger partial charge >= 0.3 is 0 Å². The standard InChI is InChI=1S/C19H29N5O3/c1-3-12(2)16(20)19(26)24-10-4-5-15(24)18(25)22-11-13-6-8-14(9-7-13)17(21)23-27/h6-9,12,15-16,27H,3-5,10-11,20H2,1-2H3,(H2,21,23)(H,22,25)/t12?,15-,16?/m0/s1.